The molecule has 1 aromatic carbocycles. The Labute approximate surface area is 159 Å². The molecule has 0 aliphatic carbocycles. The van der Waals surface area contributed by atoms with Crippen LogP contribution in [0.25, 0.3) is 0 Å². The number of ether oxygens (including phenoxy) is 1. The van der Waals surface area contributed by atoms with Crippen molar-refractivity contribution in [2.24, 2.45) is 0 Å². The summed E-state index contributed by atoms with van der Waals surface area (Å²) in [6.45, 7) is 6.26. The standard InChI is InChI=1S/C20H25N5O2/c26-20(14-17-4-2-1-3-5-17)25-8-6-24(7-9-25)19-15-18(16-21-22-19)23-10-12-27-13-11-23/h1-5,15-16H,6-14H2. The average Bonchev–Trinajstić information content (AvgIpc) is 2.75. The molecule has 3 heterocycles. The minimum Gasteiger partial charge on any atom is -0.378 e. The van der Waals surface area contributed by atoms with Gasteiger partial charge >= 0.3 is 0 Å². The largest absolute Gasteiger partial charge is 0.378 e. The Hall–Kier alpha value is -2.67. The van der Waals surface area contributed by atoms with Gasteiger partial charge in [0.2, 0.25) is 5.91 Å². The third kappa shape index (κ3) is 4.36. The van der Waals surface area contributed by atoms with Crippen LogP contribution in [0.1, 0.15) is 5.56 Å². The van der Waals surface area contributed by atoms with Crippen LogP contribution in [0.2, 0.25) is 0 Å². The van der Waals surface area contributed by atoms with Gasteiger partial charge in [-0.1, -0.05) is 30.3 Å². The summed E-state index contributed by atoms with van der Waals surface area (Å²) in [6, 6.07) is 12.0. The smallest absolute Gasteiger partial charge is 0.227 e. The normalized spacial score (nSPS) is 17.9. The number of carbonyl (C=O) groups is 1. The molecule has 27 heavy (non-hydrogen) atoms. The molecule has 1 amide bonds. The van der Waals surface area contributed by atoms with E-state index in [9.17, 15) is 4.79 Å². The first-order chi connectivity index (χ1) is 13.3. The number of hydrogen-bond acceptors (Lipinski definition) is 6. The second-order valence-corrected chi connectivity index (χ2v) is 6.90. The molecule has 2 fully saturated rings. The molecule has 0 N–H and O–H groups in total. The van der Waals surface area contributed by atoms with Crippen molar-refractivity contribution in [3.8, 4) is 0 Å². The highest BCUT2D eigenvalue weighted by Gasteiger charge is 2.23. The first-order valence-electron chi connectivity index (χ1n) is 9.52. The summed E-state index contributed by atoms with van der Waals surface area (Å²) in [5, 5.41) is 8.50. The van der Waals surface area contributed by atoms with E-state index < -0.39 is 0 Å². The van der Waals surface area contributed by atoms with Gasteiger partial charge in [0, 0.05) is 45.3 Å². The fourth-order valence-corrected chi connectivity index (χ4v) is 3.56. The lowest BCUT2D eigenvalue weighted by atomic mass is 10.1. The van der Waals surface area contributed by atoms with Crippen molar-refractivity contribution in [2.45, 2.75) is 6.42 Å². The highest BCUT2D eigenvalue weighted by Crippen LogP contribution is 2.21. The zero-order valence-electron chi connectivity index (χ0n) is 15.5. The van der Waals surface area contributed by atoms with Crippen LogP contribution < -0.4 is 9.80 Å². The van der Waals surface area contributed by atoms with Gasteiger partial charge in [-0.3, -0.25) is 4.79 Å². The monoisotopic (exact) mass is 367 g/mol. The van der Waals surface area contributed by atoms with E-state index in [1.165, 1.54) is 0 Å². The van der Waals surface area contributed by atoms with E-state index in [0.29, 0.717) is 6.42 Å². The summed E-state index contributed by atoms with van der Waals surface area (Å²) < 4.78 is 5.42. The fourth-order valence-electron chi connectivity index (χ4n) is 3.56. The van der Waals surface area contributed by atoms with Crippen LogP contribution in [0, 0.1) is 0 Å². The number of piperazine rings is 1. The Balaban J connectivity index is 1.34. The minimum atomic E-state index is 0.189. The molecule has 1 aromatic heterocycles. The molecule has 2 saturated heterocycles. The quantitative estimate of drug-likeness (QED) is 0.809. The van der Waals surface area contributed by atoms with Gasteiger partial charge in [-0.05, 0) is 5.56 Å². The van der Waals surface area contributed by atoms with Crippen LogP contribution in [0.5, 0.6) is 0 Å². The Morgan fingerprint density at radius 1 is 0.963 bits per heavy atom. The van der Waals surface area contributed by atoms with Gasteiger partial charge in [-0.2, -0.15) is 5.10 Å². The lowest BCUT2D eigenvalue weighted by Gasteiger charge is -2.36. The van der Waals surface area contributed by atoms with Gasteiger partial charge in [0.1, 0.15) is 0 Å². The van der Waals surface area contributed by atoms with Gasteiger partial charge < -0.3 is 19.4 Å². The van der Waals surface area contributed by atoms with Crippen LogP contribution in [0.15, 0.2) is 42.6 Å². The third-order valence-corrected chi connectivity index (χ3v) is 5.16. The molecule has 7 heteroatoms. The Kier molecular flexibility index (Phi) is 5.48. The molecule has 0 unspecified atom stereocenters. The molecular weight excluding hydrogens is 342 g/mol. The molecule has 142 valence electrons. The third-order valence-electron chi connectivity index (χ3n) is 5.16. The molecule has 0 bridgehead atoms. The van der Waals surface area contributed by atoms with E-state index >= 15 is 0 Å². The highest BCUT2D eigenvalue weighted by atomic mass is 16.5. The molecule has 2 aliphatic heterocycles. The molecule has 4 rings (SSSR count). The molecule has 0 radical (unpaired) electrons. The summed E-state index contributed by atoms with van der Waals surface area (Å²) in [5.41, 5.74) is 2.15. The van der Waals surface area contributed by atoms with Gasteiger partial charge in [0.25, 0.3) is 0 Å². The second-order valence-electron chi connectivity index (χ2n) is 6.90. The van der Waals surface area contributed by atoms with Gasteiger partial charge in [-0.15, -0.1) is 5.10 Å². The van der Waals surface area contributed by atoms with Gasteiger partial charge in [-0.25, -0.2) is 0 Å². The van der Waals surface area contributed by atoms with E-state index in [0.717, 1.165) is 69.6 Å². The maximum Gasteiger partial charge on any atom is 0.227 e. The summed E-state index contributed by atoms with van der Waals surface area (Å²) in [7, 11) is 0. The van der Waals surface area contributed by atoms with Gasteiger partial charge in [0.15, 0.2) is 5.82 Å². The number of rotatable bonds is 4. The van der Waals surface area contributed by atoms with E-state index in [-0.39, 0.29) is 5.91 Å². The Morgan fingerprint density at radius 2 is 1.70 bits per heavy atom. The predicted octanol–water partition coefficient (Wildman–Crippen LogP) is 1.20. The van der Waals surface area contributed by atoms with Crippen molar-refractivity contribution in [1.82, 2.24) is 15.1 Å². The van der Waals surface area contributed by atoms with Crippen molar-refractivity contribution < 1.29 is 9.53 Å². The molecule has 0 saturated carbocycles. The molecular formula is C20H25N5O2. The molecule has 2 aromatic rings. The van der Waals surface area contributed by atoms with Crippen molar-refractivity contribution in [3.05, 3.63) is 48.2 Å². The van der Waals surface area contributed by atoms with Crippen molar-refractivity contribution in [1.29, 1.82) is 0 Å². The number of nitrogens with zero attached hydrogens (tertiary/aromatic N) is 5. The predicted molar refractivity (Wildman–Crippen MR) is 104 cm³/mol. The number of benzene rings is 1. The summed E-state index contributed by atoms with van der Waals surface area (Å²) >= 11 is 0. The number of amides is 1. The summed E-state index contributed by atoms with van der Waals surface area (Å²) in [6.07, 6.45) is 2.28. The van der Waals surface area contributed by atoms with E-state index in [4.69, 9.17) is 4.74 Å². The Morgan fingerprint density at radius 3 is 2.44 bits per heavy atom. The van der Waals surface area contributed by atoms with Crippen LogP contribution in [0.4, 0.5) is 11.5 Å². The topological polar surface area (TPSA) is 61.8 Å². The molecule has 0 spiro atoms. The lowest BCUT2D eigenvalue weighted by Crippen LogP contribution is -2.49. The maximum absolute atomic E-state index is 12.5. The summed E-state index contributed by atoms with van der Waals surface area (Å²) in [5.74, 6) is 1.07. The van der Waals surface area contributed by atoms with E-state index in [1.54, 1.807) is 0 Å². The number of carbonyl (C=O) groups excluding carboxylic acids is 1. The summed E-state index contributed by atoms with van der Waals surface area (Å²) in [4.78, 5) is 19.0. The second kappa shape index (κ2) is 8.35. The zero-order valence-corrected chi connectivity index (χ0v) is 15.5. The van der Waals surface area contributed by atoms with Crippen LogP contribution in [0.3, 0.4) is 0 Å². The zero-order chi connectivity index (χ0) is 18.5. The molecule has 2 aliphatic rings. The lowest BCUT2D eigenvalue weighted by molar-refractivity contribution is -0.130. The van der Waals surface area contributed by atoms with E-state index in [2.05, 4.69) is 26.1 Å². The highest BCUT2D eigenvalue weighted by molar-refractivity contribution is 5.79. The van der Waals surface area contributed by atoms with Crippen molar-refractivity contribution in [2.75, 3.05) is 62.3 Å². The first-order valence-corrected chi connectivity index (χ1v) is 9.52. The van der Waals surface area contributed by atoms with Crippen molar-refractivity contribution in [3.63, 3.8) is 0 Å². The number of morpholine rings is 1. The van der Waals surface area contributed by atoms with E-state index in [1.807, 2.05) is 41.4 Å². The molecule has 7 nitrogen and oxygen atoms in total. The SMILES string of the molecule is O=C(Cc1ccccc1)N1CCN(c2cc(N3CCOCC3)cnn2)CC1. The maximum atomic E-state index is 12.5. The molecule has 0 atom stereocenters. The number of aromatic nitrogens is 2. The van der Waals surface area contributed by atoms with Gasteiger partial charge in [0.05, 0.1) is 31.5 Å². The first kappa shape index (κ1) is 17.7. The minimum absolute atomic E-state index is 0.189. The fraction of sp³-hybridized carbons (Fsp3) is 0.450. The van der Waals surface area contributed by atoms with Crippen LogP contribution in [-0.2, 0) is 16.0 Å². The van der Waals surface area contributed by atoms with Crippen molar-refractivity contribution >= 4 is 17.4 Å². The Bertz CT molecular complexity index is 756. The number of hydrogen-bond donors (Lipinski definition) is 0. The number of anilines is 2. The average molecular weight is 367 g/mol. The van der Waals surface area contributed by atoms with Crippen LogP contribution >= 0.6 is 0 Å². The van der Waals surface area contributed by atoms with Crippen LogP contribution in [-0.4, -0.2) is 73.5 Å².